The average Bonchev–Trinajstić information content (AvgIpc) is 2.65. The van der Waals surface area contributed by atoms with Crippen LogP contribution in [-0.4, -0.2) is 17.1 Å². The first-order valence-electron chi connectivity index (χ1n) is 9.63. The van der Waals surface area contributed by atoms with Gasteiger partial charge in [-0.05, 0) is 66.2 Å². The van der Waals surface area contributed by atoms with E-state index in [9.17, 15) is 9.90 Å². The Labute approximate surface area is 161 Å². The van der Waals surface area contributed by atoms with E-state index in [2.05, 4.69) is 25.8 Å². The molecule has 2 atom stereocenters. The molecule has 3 rings (SSSR count). The normalized spacial score (nSPS) is 22.1. The van der Waals surface area contributed by atoms with Crippen LogP contribution < -0.4 is 0 Å². The van der Waals surface area contributed by atoms with Gasteiger partial charge in [-0.3, -0.25) is 9.79 Å². The van der Waals surface area contributed by atoms with Crippen molar-refractivity contribution in [3.8, 4) is 5.75 Å². The third-order valence-corrected chi connectivity index (χ3v) is 5.37. The summed E-state index contributed by atoms with van der Waals surface area (Å²) in [6, 6.07) is 15.0. The predicted octanol–water partition coefficient (Wildman–Crippen LogP) is 5.80. The number of rotatable bonds is 4. The summed E-state index contributed by atoms with van der Waals surface area (Å²) < 4.78 is 0. The average molecular weight is 361 g/mol. The highest BCUT2D eigenvalue weighted by Gasteiger charge is 2.32. The Morgan fingerprint density at radius 2 is 1.78 bits per heavy atom. The summed E-state index contributed by atoms with van der Waals surface area (Å²) >= 11 is 0. The van der Waals surface area contributed by atoms with Crippen molar-refractivity contribution in [2.24, 2.45) is 22.7 Å². The van der Waals surface area contributed by atoms with Gasteiger partial charge in [0.25, 0.3) is 0 Å². The molecule has 0 bridgehead atoms. The van der Waals surface area contributed by atoms with E-state index in [1.165, 1.54) is 0 Å². The molecule has 1 aliphatic rings. The lowest BCUT2D eigenvalue weighted by Gasteiger charge is -2.30. The molecule has 140 valence electrons. The van der Waals surface area contributed by atoms with Gasteiger partial charge in [-0.1, -0.05) is 45.0 Å². The van der Waals surface area contributed by atoms with Crippen LogP contribution in [0.3, 0.4) is 0 Å². The first kappa shape index (κ1) is 19.1. The lowest BCUT2D eigenvalue weighted by molar-refractivity contribution is -0.122. The summed E-state index contributed by atoms with van der Waals surface area (Å²) in [4.78, 5) is 17.2. The van der Waals surface area contributed by atoms with Crippen molar-refractivity contribution in [3.63, 3.8) is 0 Å². The molecular weight excluding hydrogens is 334 g/mol. The maximum absolute atomic E-state index is 12.8. The van der Waals surface area contributed by atoms with E-state index in [0.717, 1.165) is 29.7 Å². The molecule has 0 unspecified atom stereocenters. The number of aromatic hydroxyl groups is 1. The molecule has 27 heavy (non-hydrogen) atoms. The monoisotopic (exact) mass is 361 g/mol. The zero-order valence-corrected chi connectivity index (χ0v) is 16.2. The molecule has 1 N–H and O–H groups in total. The Morgan fingerprint density at radius 3 is 2.44 bits per heavy atom. The molecule has 0 amide bonds. The van der Waals surface area contributed by atoms with Crippen LogP contribution in [0.4, 0.5) is 5.69 Å². The maximum Gasteiger partial charge on any atom is 0.162 e. The Morgan fingerprint density at radius 1 is 1.07 bits per heavy atom. The second kappa shape index (κ2) is 8.34. The molecule has 0 spiro atoms. The van der Waals surface area contributed by atoms with Gasteiger partial charge in [-0.2, -0.15) is 0 Å². The molecular formula is C24H27NO2. The predicted molar refractivity (Wildman–Crippen MR) is 112 cm³/mol. The van der Waals surface area contributed by atoms with Gasteiger partial charge in [0.15, 0.2) is 5.78 Å². The summed E-state index contributed by atoms with van der Waals surface area (Å²) in [5, 5.41) is 9.79. The number of benzene rings is 2. The number of aliphatic imine (C=N–C) groups is 1. The van der Waals surface area contributed by atoms with E-state index in [0.29, 0.717) is 23.2 Å². The SMILES string of the molecule is CC(C)[C@H]1CC[C@@H](C)C(=Cc2ccc(N=Cc3ccccc3O)cc2)C1=O. The van der Waals surface area contributed by atoms with Gasteiger partial charge in [-0.25, -0.2) is 0 Å². The Balaban J connectivity index is 1.78. The minimum Gasteiger partial charge on any atom is -0.507 e. The molecule has 0 heterocycles. The van der Waals surface area contributed by atoms with Gasteiger partial charge >= 0.3 is 0 Å². The van der Waals surface area contributed by atoms with Crippen molar-refractivity contribution in [3.05, 3.63) is 65.2 Å². The Bertz CT molecular complexity index is 862. The van der Waals surface area contributed by atoms with Crippen molar-refractivity contribution in [1.82, 2.24) is 0 Å². The largest absolute Gasteiger partial charge is 0.507 e. The number of ketones is 1. The van der Waals surface area contributed by atoms with Gasteiger partial charge in [-0.15, -0.1) is 0 Å². The summed E-state index contributed by atoms with van der Waals surface area (Å²) in [7, 11) is 0. The van der Waals surface area contributed by atoms with Crippen molar-refractivity contribution in [2.75, 3.05) is 0 Å². The number of hydrogen-bond acceptors (Lipinski definition) is 3. The van der Waals surface area contributed by atoms with Gasteiger partial charge in [0.05, 0.1) is 5.69 Å². The second-order valence-corrected chi connectivity index (χ2v) is 7.70. The number of carbonyl (C=O) groups is 1. The molecule has 0 radical (unpaired) electrons. The van der Waals surface area contributed by atoms with Crippen molar-refractivity contribution in [2.45, 2.75) is 33.6 Å². The Hall–Kier alpha value is -2.68. The number of para-hydroxylation sites is 1. The fourth-order valence-electron chi connectivity index (χ4n) is 3.60. The first-order chi connectivity index (χ1) is 13.0. The number of allylic oxidation sites excluding steroid dienone is 1. The van der Waals surface area contributed by atoms with Crippen molar-refractivity contribution >= 4 is 23.8 Å². The summed E-state index contributed by atoms with van der Waals surface area (Å²) in [6.07, 6.45) is 5.76. The number of hydrogen-bond donors (Lipinski definition) is 1. The molecule has 0 aromatic heterocycles. The molecule has 3 heteroatoms. The quantitative estimate of drug-likeness (QED) is 0.553. The molecule has 1 saturated carbocycles. The van der Waals surface area contributed by atoms with E-state index in [-0.39, 0.29) is 11.7 Å². The van der Waals surface area contributed by atoms with Crippen LogP contribution in [0.15, 0.2) is 59.1 Å². The third kappa shape index (κ3) is 4.54. The minimum absolute atomic E-state index is 0.148. The van der Waals surface area contributed by atoms with Gasteiger partial charge in [0.2, 0.25) is 0 Å². The van der Waals surface area contributed by atoms with E-state index >= 15 is 0 Å². The van der Waals surface area contributed by atoms with Crippen molar-refractivity contribution < 1.29 is 9.90 Å². The number of Topliss-reactive ketones (excluding diaryl/α,β-unsaturated/α-hetero) is 1. The molecule has 2 aromatic rings. The molecule has 0 aliphatic heterocycles. The highest BCUT2D eigenvalue weighted by molar-refractivity contribution is 6.02. The van der Waals surface area contributed by atoms with Gasteiger partial charge < -0.3 is 5.11 Å². The van der Waals surface area contributed by atoms with E-state index in [1.807, 2.05) is 42.5 Å². The summed E-state index contributed by atoms with van der Waals surface area (Å²) in [5.74, 6) is 1.37. The topological polar surface area (TPSA) is 49.7 Å². The van der Waals surface area contributed by atoms with Crippen LogP contribution in [-0.2, 0) is 4.79 Å². The Kier molecular flexibility index (Phi) is 5.90. The lowest BCUT2D eigenvalue weighted by atomic mass is 9.73. The molecule has 1 aliphatic carbocycles. The molecule has 2 aromatic carbocycles. The smallest absolute Gasteiger partial charge is 0.162 e. The van der Waals surface area contributed by atoms with Crippen LogP contribution in [0.1, 0.15) is 44.7 Å². The number of nitrogens with zero attached hydrogens (tertiary/aromatic N) is 1. The van der Waals surface area contributed by atoms with Crippen molar-refractivity contribution in [1.29, 1.82) is 0 Å². The lowest BCUT2D eigenvalue weighted by Crippen LogP contribution is -2.30. The van der Waals surface area contributed by atoms with E-state index < -0.39 is 0 Å². The van der Waals surface area contributed by atoms with Crippen LogP contribution in [0.2, 0.25) is 0 Å². The molecule has 0 saturated heterocycles. The number of carbonyl (C=O) groups excluding carboxylic acids is 1. The van der Waals surface area contributed by atoms with Crippen LogP contribution in [0.5, 0.6) is 5.75 Å². The fraction of sp³-hybridized carbons (Fsp3) is 0.333. The zero-order chi connectivity index (χ0) is 19.4. The summed E-state index contributed by atoms with van der Waals surface area (Å²) in [5.41, 5.74) is 3.47. The zero-order valence-electron chi connectivity index (χ0n) is 16.2. The third-order valence-electron chi connectivity index (χ3n) is 5.37. The van der Waals surface area contributed by atoms with E-state index in [1.54, 1.807) is 18.3 Å². The van der Waals surface area contributed by atoms with Gasteiger partial charge in [0.1, 0.15) is 5.75 Å². The highest BCUT2D eigenvalue weighted by Crippen LogP contribution is 2.35. The second-order valence-electron chi connectivity index (χ2n) is 7.70. The van der Waals surface area contributed by atoms with Crippen LogP contribution >= 0.6 is 0 Å². The standard InChI is InChI=1S/C24H27NO2/c1-16(2)21-13-8-17(3)22(24(21)27)14-18-9-11-20(12-10-18)25-15-19-6-4-5-7-23(19)26/h4-7,9-12,14-17,21,26H,8,13H2,1-3H3/t17-,21-/m1/s1. The van der Waals surface area contributed by atoms with Crippen LogP contribution in [0.25, 0.3) is 6.08 Å². The fourth-order valence-corrected chi connectivity index (χ4v) is 3.60. The van der Waals surface area contributed by atoms with Crippen LogP contribution in [0, 0.1) is 17.8 Å². The minimum atomic E-state index is 0.148. The van der Waals surface area contributed by atoms with E-state index in [4.69, 9.17) is 0 Å². The first-order valence-corrected chi connectivity index (χ1v) is 9.63. The molecule has 1 fully saturated rings. The maximum atomic E-state index is 12.8. The molecule has 3 nitrogen and oxygen atoms in total. The highest BCUT2D eigenvalue weighted by atomic mass is 16.3. The number of phenols is 1. The summed E-state index contributed by atoms with van der Waals surface area (Å²) in [6.45, 7) is 6.41. The number of phenolic OH excluding ortho intramolecular Hbond substituents is 1. The van der Waals surface area contributed by atoms with Gasteiger partial charge in [0, 0.05) is 17.7 Å².